The molecule has 10 heteroatoms. The number of hydrogen-bond acceptors (Lipinski definition) is 5. The number of nitrogens with one attached hydrogen (secondary N) is 3. The number of carbonyl (C=O) groups is 4. The van der Waals surface area contributed by atoms with Gasteiger partial charge in [0, 0.05) is 17.1 Å². The van der Waals surface area contributed by atoms with Crippen molar-refractivity contribution in [2.45, 2.75) is 13.8 Å². The van der Waals surface area contributed by atoms with Gasteiger partial charge >= 0.3 is 24.2 Å². The average Bonchev–Trinajstić information content (AvgIpc) is 2.93. The normalized spacial score (nSPS) is 12.4. The number of rotatable bonds is 6. The van der Waals surface area contributed by atoms with Gasteiger partial charge < -0.3 is 15.4 Å². The first-order chi connectivity index (χ1) is 19.3. The van der Waals surface area contributed by atoms with Crippen molar-refractivity contribution in [3.8, 4) is 5.75 Å². The van der Waals surface area contributed by atoms with E-state index in [1.165, 1.54) is 6.07 Å². The molecule has 1 heterocycles. The number of amides is 7. The molecule has 3 N–H and O–H groups in total. The lowest BCUT2D eigenvalue weighted by molar-refractivity contribution is 0.215. The first kappa shape index (κ1) is 26.0. The van der Waals surface area contributed by atoms with E-state index in [0.29, 0.717) is 39.7 Å². The number of carbonyl (C=O) groups excluding carboxylic acids is 4. The quantitative estimate of drug-likeness (QED) is 0.243. The highest BCUT2D eigenvalue weighted by Crippen LogP contribution is 2.34. The highest BCUT2D eigenvalue weighted by atomic mass is 16.6. The summed E-state index contributed by atoms with van der Waals surface area (Å²) in [7, 11) is 0. The Morgan fingerprint density at radius 3 is 1.68 bits per heavy atom. The monoisotopic (exact) mass is 535 g/mol. The van der Waals surface area contributed by atoms with Crippen LogP contribution in [-0.2, 0) is 0 Å². The van der Waals surface area contributed by atoms with E-state index in [-0.39, 0.29) is 0 Å². The van der Waals surface area contributed by atoms with E-state index in [9.17, 15) is 19.2 Å². The molecule has 200 valence electrons. The number of hydrogen-bond donors (Lipinski definition) is 3. The van der Waals surface area contributed by atoms with Crippen molar-refractivity contribution in [3.05, 3.63) is 108 Å². The van der Waals surface area contributed by atoms with Crippen molar-refractivity contribution >= 4 is 52.6 Å². The van der Waals surface area contributed by atoms with Gasteiger partial charge in [-0.15, -0.1) is 0 Å². The van der Waals surface area contributed by atoms with Crippen molar-refractivity contribution < 1.29 is 23.9 Å². The summed E-state index contributed by atoms with van der Waals surface area (Å²) in [5, 5.41) is 8.15. The zero-order chi connectivity index (χ0) is 28.2. The Kier molecular flexibility index (Phi) is 7.14. The standard InChI is InChI=1S/C30H25N5O5/c1-19-13-15-22(17-25(19)32-27(36)31-21-9-5-3-6-10-21)34-29(38)35(30(34)39)23-16-14-20(2)26(18-23)33-28(37)40-24-11-7-4-8-12-24/h3-18H,1-2H3,(H,33,37)(H2,31,32,36). The van der Waals surface area contributed by atoms with Crippen molar-refractivity contribution in [1.29, 1.82) is 0 Å². The van der Waals surface area contributed by atoms with Crippen LogP contribution in [0.4, 0.5) is 47.6 Å². The molecule has 1 saturated heterocycles. The highest BCUT2D eigenvalue weighted by molar-refractivity contribution is 6.41. The third kappa shape index (κ3) is 5.46. The van der Waals surface area contributed by atoms with Gasteiger partial charge in [0.1, 0.15) is 5.75 Å². The van der Waals surface area contributed by atoms with Crippen LogP contribution in [0.5, 0.6) is 5.75 Å². The molecular formula is C30H25N5O5. The first-order valence-corrected chi connectivity index (χ1v) is 12.4. The second kappa shape index (κ2) is 11.0. The minimum absolute atomic E-state index is 0.291. The topological polar surface area (TPSA) is 120 Å². The summed E-state index contributed by atoms with van der Waals surface area (Å²) in [5.74, 6) is 0.377. The fourth-order valence-electron chi connectivity index (χ4n) is 4.07. The molecule has 1 aliphatic heterocycles. The van der Waals surface area contributed by atoms with Gasteiger partial charge in [-0.1, -0.05) is 48.5 Å². The summed E-state index contributed by atoms with van der Waals surface area (Å²) in [5.41, 5.74) is 3.53. The number of para-hydroxylation sites is 2. The molecular weight excluding hydrogens is 510 g/mol. The van der Waals surface area contributed by atoms with Crippen LogP contribution >= 0.6 is 0 Å². The van der Waals surface area contributed by atoms with Crippen LogP contribution in [0.3, 0.4) is 0 Å². The van der Waals surface area contributed by atoms with Crippen molar-refractivity contribution in [2.75, 3.05) is 25.8 Å². The lowest BCUT2D eigenvalue weighted by atomic mass is 10.1. The first-order valence-electron chi connectivity index (χ1n) is 12.4. The minimum Gasteiger partial charge on any atom is -0.410 e. The predicted octanol–water partition coefficient (Wildman–Crippen LogP) is 7.12. The summed E-state index contributed by atoms with van der Waals surface area (Å²) in [6.07, 6.45) is -0.703. The summed E-state index contributed by atoms with van der Waals surface area (Å²) in [6, 6.07) is 25.7. The Morgan fingerprint density at radius 1 is 0.625 bits per heavy atom. The van der Waals surface area contributed by atoms with E-state index in [2.05, 4.69) is 16.0 Å². The van der Waals surface area contributed by atoms with Crippen LogP contribution in [-0.4, -0.2) is 24.2 Å². The molecule has 1 aliphatic rings. The maximum atomic E-state index is 13.1. The Bertz CT molecular complexity index is 1470. The Labute approximate surface area is 230 Å². The second-order valence-corrected chi connectivity index (χ2v) is 9.01. The molecule has 40 heavy (non-hydrogen) atoms. The van der Waals surface area contributed by atoms with Crippen LogP contribution in [0, 0.1) is 13.8 Å². The van der Waals surface area contributed by atoms with Crippen LogP contribution in [0.15, 0.2) is 97.1 Å². The number of nitrogens with zero attached hydrogens (tertiary/aromatic N) is 2. The molecule has 10 nitrogen and oxygen atoms in total. The molecule has 5 rings (SSSR count). The van der Waals surface area contributed by atoms with Gasteiger partial charge in [-0.25, -0.2) is 29.0 Å². The number of urea groups is 3. The van der Waals surface area contributed by atoms with Crippen molar-refractivity contribution in [1.82, 2.24) is 0 Å². The fraction of sp³-hybridized carbons (Fsp3) is 0.0667. The molecule has 0 saturated carbocycles. The molecule has 0 atom stereocenters. The van der Waals surface area contributed by atoms with Gasteiger partial charge in [-0.3, -0.25) is 5.32 Å². The van der Waals surface area contributed by atoms with Crippen LogP contribution in [0.1, 0.15) is 11.1 Å². The Hall–Kier alpha value is -5.64. The highest BCUT2D eigenvalue weighted by Gasteiger charge is 2.46. The van der Waals surface area contributed by atoms with E-state index >= 15 is 0 Å². The Morgan fingerprint density at radius 2 is 1.12 bits per heavy atom. The van der Waals surface area contributed by atoms with E-state index < -0.39 is 24.2 Å². The molecule has 4 aromatic rings. The largest absolute Gasteiger partial charge is 0.417 e. The molecule has 0 aromatic heterocycles. The Balaban J connectivity index is 1.28. The van der Waals surface area contributed by atoms with Crippen molar-refractivity contribution in [2.24, 2.45) is 0 Å². The van der Waals surface area contributed by atoms with E-state index in [1.54, 1.807) is 98.8 Å². The molecule has 0 spiro atoms. The van der Waals surface area contributed by atoms with Crippen LogP contribution in [0.2, 0.25) is 0 Å². The summed E-state index contributed by atoms with van der Waals surface area (Å²) >= 11 is 0. The summed E-state index contributed by atoms with van der Waals surface area (Å²) in [4.78, 5) is 53.1. The number of ether oxygens (including phenoxy) is 1. The third-order valence-electron chi connectivity index (χ3n) is 6.19. The maximum absolute atomic E-state index is 13.1. The number of imide groups is 2. The molecule has 0 bridgehead atoms. The summed E-state index contributed by atoms with van der Waals surface area (Å²) < 4.78 is 5.27. The lowest BCUT2D eigenvalue weighted by Crippen LogP contribution is -2.64. The number of aryl methyl sites for hydroxylation is 2. The SMILES string of the molecule is Cc1ccc(N2C(=O)N(c3ccc(C)c(NC(=O)Oc4ccccc4)c3)C2=O)cc1NC(=O)Nc1ccccc1. The molecule has 7 amide bonds. The summed E-state index contributed by atoms with van der Waals surface area (Å²) in [6.45, 7) is 3.58. The van der Waals surface area contributed by atoms with E-state index in [0.717, 1.165) is 15.4 Å². The van der Waals surface area contributed by atoms with Crippen molar-refractivity contribution in [3.63, 3.8) is 0 Å². The average molecular weight is 536 g/mol. The third-order valence-corrected chi connectivity index (χ3v) is 6.19. The second-order valence-electron chi connectivity index (χ2n) is 9.01. The zero-order valence-electron chi connectivity index (χ0n) is 21.7. The molecule has 0 radical (unpaired) electrons. The maximum Gasteiger partial charge on any atom is 0.417 e. The molecule has 0 aliphatic carbocycles. The van der Waals surface area contributed by atoms with Crippen LogP contribution in [0.25, 0.3) is 0 Å². The smallest absolute Gasteiger partial charge is 0.410 e. The van der Waals surface area contributed by atoms with Crippen LogP contribution < -0.4 is 30.5 Å². The van der Waals surface area contributed by atoms with E-state index in [4.69, 9.17) is 4.74 Å². The number of anilines is 5. The fourth-order valence-corrected chi connectivity index (χ4v) is 4.07. The predicted molar refractivity (Wildman–Crippen MR) is 153 cm³/mol. The zero-order valence-corrected chi connectivity index (χ0v) is 21.7. The molecule has 0 unspecified atom stereocenters. The van der Waals surface area contributed by atoms with Gasteiger partial charge in [-0.2, -0.15) is 0 Å². The van der Waals surface area contributed by atoms with Gasteiger partial charge in [0.15, 0.2) is 0 Å². The molecule has 4 aromatic carbocycles. The van der Waals surface area contributed by atoms with E-state index in [1.807, 2.05) is 6.07 Å². The van der Waals surface area contributed by atoms with Gasteiger partial charge in [-0.05, 0) is 73.5 Å². The van der Waals surface area contributed by atoms with Gasteiger partial charge in [0.25, 0.3) is 0 Å². The van der Waals surface area contributed by atoms with Gasteiger partial charge in [0.2, 0.25) is 0 Å². The minimum atomic E-state index is -0.703. The lowest BCUT2D eigenvalue weighted by Gasteiger charge is -2.39. The number of benzene rings is 4. The molecule has 1 fully saturated rings. The van der Waals surface area contributed by atoms with Gasteiger partial charge in [0.05, 0.1) is 11.4 Å².